The Labute approximate surface area is 103 Å². The van der Waals surface area contributed by atoms with Gasteiger partial charge in [-0.25, -0.2) is 0 Å². The molecule has 0 bridgehead atoms. The van der Waals surface area contributed by atoms with Crippen LogP contribution in [0.5, 0.6) is 0 Å². The maximum absolute atomic E-state index is 10.7. The van der Waals surface area contributed by atoms with Gasteiger partial charge < -0.3 is 10.0 Å². The molecule has 0 radical (unpaired) electrons. The lowest BCUT2D eigenvalue weighted by atomic mass is 10.0. The van der Waals surface area contributed by atoms with Crippen LogP contribution in [-0.4, -0.2) is 79.5 Å². The van der Waals surface area contributed by atoms with Crippen molar-refractivity contribution in [2.75, 3.05) is 45.6 Å². The van der Waals surface area contributed by atoms with Crippen molar-refractivity contribution in [1.29, 1.82) is 0 Å². The van der Waals surface area contributed by atoms with Crippen LogP contribution in [0.25, 0.3) is 0 Å². The van der Waals surface area contributed by atoms with Crippen LogP contribution < -0.4 is 0 Å². The third-order valence-corrected chi connectivity index (χ3v) is 3.93. The first-order valence-electron chi connectivity index (χ1n) is 5.91. The molecule has 0 aliphatic carbocycles. The summed E-state index contributed by atoms with van der Waals surface area (Å²) >= 11 is 0. The van der Waals surface area contributed by atoms with Crippen molar-refractivity contribution in [2.24, 2.45) is 0 Å². The van der Waals surface area contributed by atoms with E-state index < -0.39 is 10.1 Å². The molecule has 0 spiro atoms. The second-order valence-corrected chi connectivity index (χ2v) is 6.15. The number of aliphatic hydroxyl groups is 1. The summed E-state index contributed by atoms with van der Waals surface area (Å²) in [5, 5.41) is 8.98. The zero-order valence-electron chi connectivity index (χ0n) is 10.2. The summed E-state index contributed by atoms with van der Waals surface area (Å²) in [5.41, 5.74) is 0. The molecule has 102 valence electrons. The predicted molar refractivity (Wildman–Crippen MR) is 65.6 cm³/mol. The van der Waals surface area contributed by atoms with Crippen molar-refractivity contribution in [3.05, 3.63) is 0 Å². The van der Waals surface area contributed by atoms with E-state index in [1.807, 2.05) is 4.90 Å². The van der Waals surface area contributed by atoms with Crippen LogP contribution in [0.15, 0.2) is 0 Å². The molecule has 1 aliphatic heterocycles. The molecule has 1 aliphatic rings. The van der Waals surface area contributed by atoms with Gasteiger partial charge in [0.05, 0.1) is 12.4 Å². The first kappa shape index (κ1) is 14.8. The highest BCUT2D eigenvalue weighted by Crippen LogP contribution is 2.15. The van der Waals surface area contributed by atoms with Gasteiger partial charge in [-0.2, -0.15) is 8.42 Å². The van der Waals surface area contributed by atoms with Crippen LogP contribution in [0.3, 0.4) is 0 Å². The zero-order valence-corrected chi connectivity index (χ0v) is 11.1. The number of likely N-dealkylation sites (tertiary alicyclic amines) is 1. The fourth-order valence-electron chi connectivity index (χ4n) is 2.20. The summed E-state index contributed by atoms with van der Waals surface area (Å²) in [4.78, 5) is 4.19. The molecular formula is C10H22N2O4S. The van der Waals surface area contributed by atoms with Crippen LogP contribution in [0.2, 0.25) is 0 Å². The summed E-state index contributed by atoms with van der Waals surface area (Å²) in [7, 11) is -1.86. The first-order chi connectivity index (χ1) is 7.92. The molecule has 0 unspecified atom stereocenters. The topological polar surface area (TPSA) is 81.1 Å². The summed E-state index contributed by atoms with van der Waals surface area (Å²) < 4.78 is 30.2. The Morgan fingerprint density at radius 2 is 1.88 bits per heavy atom. The molecule has 1 saturated heterocycles. The number of hydrogen-bond donors (Lipinski definition) is 2. The molecule has 2 N–H and O–H groups in total. The number of aliphatic hydroxyl groups excluding tert-OH is 1. The number of hydrogen-bond acceptors (Lipinski definition) is 5. The van der Waals surface area contributed by atoms with Gasteiger partial charge in [0.2, 0.25) is 0 Å². The largest absolute Gasteiger partial charge is 0.395 e. The van der Waals surface area contributed by atoms with E-state index in [0.717, 1.165) is 25.9 Å². The monoisotopic (exact) mass is 266 g/mol. The summed E-state index contributed by atoms with van der Waals surface area (Å²) in [5.74, 6) is -0.265. The van der Waals surface area contributed by atoms with Crippen LogP contribution in [0.4, 0.5) is 0 Å². The minimum atomic E-state index is -3.92. The van der Waals surface area contributed by atoms with E-state index in [4.69, 9.17) is 9.66 Å². The van der Waals surface area contributed by atoms with Crippen molar-refractivity contribution in [3.8, 4) is 0 Å². The molecule has 0 saturated carbocycles. The number of nitrogens with zero attached hydrogens (tertiary/aromatic N) is 2. The van der Waals surface area contributed by atoms with Crippen LogP contribution >= 0.6 is 0 Å². The molecule has 0 amide bonds. The Balaban J connectivity index is 2.47. The standard InChI is InChI=1S/C10H22N2O4S/c1-11-4-2-10(3-5-11)12(6-8-13)7-9-17(14,15)16/h10,13H,2-9H2,1H3,(H,14,15,16). The molecule has 1 fully saturated rings. The smallest absolute Gasteiger partial charge is 0.266 e. The Morgan fingerprint density at radius 3 is 2.35 bits per heavy atom. The minimum Gasteiger partial charge on any atom is -0.395 e. The van der Waals surface area contributed by atoms with Crippen molar-refractivity contribution in [3.63, 3.8) is 0 Å². The Kier molecular flexibility index (Phi) is 5.81. The molecule has 1 rings (SSSR count). The maximum atomic E-state index is 10.7. The number of piperidine rings is 1. The van der Waals surface area contributed by atoms with Crippen molar-refractivity contribution >= 4 is 10.1 Å². The van der Waals surface area contributed by atoms with Gasteiger partial charge in [0, 0.05) is 19.1 Å². The Morgan fingerprint density at radius 1 is 1.29 bits per heavy atom. The lowest BCUT2D eigenvalue weighted by molar-refractivity contribution is 0.105. The highest BCUT2D eigenvalue weighted by molar-refractivity contribution is 7.85. The molecule has 1 heterocycles. The summed E-state index contributed by atoms with van der Waals surface area (Å²) in [6.45, 7) is 2.73. The van der Waals surface area contributed by atoms with Gasteiger partial charge in [-0.1, -0.05) is 0 Å². The second-order valence-electron chi connectivity index (χ2n) is 4.58. The number of rotatable bonds is 6. The molecule has 0 aromatic heterocycles. The van der Waals surface area contributed by atoms with Gasteiger partial charge in [0.25, 0.3) is 10.1 Å². The molecule has 0 atom stereocenters. The molecular weight excluding hydrogens is 244 g/mol. The van der Waals surface area contributed by atoms with E-state index >= 15 is 0 Å². The van der Waals surface area contributed by atoms with Gasteiger partial charge in [-0.15, -0.1) is 0 Å². The van der Waals surface area contributed by atoms with Gasteiger partial charge in [0.1, 0.15) is 0 Å². The average Bonchev–Trinajstić information content (AvgIpc) is 2.24. The van der Waals surface area contributed by atoms with Gasteiger partial charge >= 0.3 is 0 Å². The fourth-order valence-corrected chi connectivity index (χ4v) is 2.66. The third-order valence-electron chi connectivity index (χ3n) is 3.23. The van der Waals surface area contributed by atoms with E-state index in [2.05, 4.69) is 11.9 Å². The summed E-state index contributed by atoms with van der Waals surface area (Å²) in [6, 6.07) is 0.306. The molecule has 0 aromatic rings. The van der Waals surface area contributed by atoms with Crippen molar-refractivity contribution in [1.82, 2.24) is 9.80 Å². The zero-order chi connectivity index (χ0) is 12.9. The maximum Gasteiger partial charge on any atom is 0.266 e. The molecule has 0 aromatic carbocycles. The van der Waals surface area contributed by atoms with E-state index in [1.54, 1.807) is 0 Å². The minimum absolute atomic E-state index is 0.0117. The van der Waals surface area contributed by atoms with E-state index in [-0.39, 0.29) is 18.9 Å². The summed E-state index contributed by atoms with van der Waals surface area (Å²) in [6.07, 6.45) is 1.95. The van der Waals surface area contributed by atoms with E-state index in [1.165, 1.54) is 0 Å². The normalized spacial score (nSPS) is 20.0. The van der Waals surface area contributed by atoms with Crippen LogP contribution in [0, 0.1) is 0 Å². The predicted octanol–water partition coefficient (Wildman–Crippen LogP) is -0.737. The van der Waals surface area contributed by atoms with E-state index in [9.17, 15) is 8.42 Å². The molecule has 7 heteroatoms. The Hall–Kier alpha value is -0.210. The van der Waals surface area contributed by atoms with Gasteiger partial charge in [-0.05, 0) is 33.0 Å². The van der Waals surface area contributed by atoms with Crippen LogP contribution in [0.1, 0.15) is 12.8 Å². The average molecular weight is 266 g/mol. The van der Waals surface area contributed by atoms with Crippen LogP contribution in [-0.2, 0) is 10.1 Å². The second kappa shape index (κ2) is 6.65. The third kappa shape index (κ3) is 5.78. The Bertz CT molecular complexity index is 312. The fraction of sp³-hybridized carbons (Fsp3) is 1.00. The molecule has 6 nitrogen and oxygen atoms in total. The van der Waals surface area contributed by atoms with Crippen molar-refractivity contribution in [2.45, 2.75) is 18.9 Å². The lowest BCUT2D eigenvalue weighted by Crippen LogP contribution is -2.46. The van der Waals surface area contributed by atoms with E-state index in [0.29, 0.717) is 12.6 Å². The highest BCUT2D eigenvalue weighted by atomic mass is 32.2. The quantitative estimate of drug-likeness (QED) is 0.617. The lowest BCUT2D eigenvalue weighted by Gasteiger charge is -2.36. The van der Waals surface area contributed by atoms with Gasteiger partial charge in [-0.3, -0.25) is 9.45 Å². The highest BCUT2D eigenvalue weighted by Gasteiger charge is 2.23. The van der Waals surface area contributed by atoms with Crippen molar-refractivity contribution < 1.29 is 18.1 Å². The molecule has 17 heavy (non-hydrogen) atoms. The van der Waals surface area contributed by atoms with Gasteiger partial charge in [0.15, 0.2) is 0 Å². The SMILES string of the molecule is CN1CCC(N(CCO)CCS(=O)(=O)O)CC1. The first-order valence-corrected chi connectivity index (χ1v) is 7.52.